The molecule has 2 aromatic carbocycles. The number of aromatic nitrogens is 1. The van der Waals surface area contributed by atoms with E-state index in [1.54, 1.807) is 36.5 Å². The number of carbonyl (C=O) groups excluding carboxylic acids is 2. The van der Waals surface area contributed by atoms with Crippen molar-refractivity contribution in [1.82, 2.24) is 15.2 Å². The Hall–Kier alpha value is -4.07. The second-order valence-corrected chi connectivity index (χ2v) is 9.71. The van der Waals surface area contributed by atoms with Crippen LogP contribution >= 0.6 is 0 Å². The lowest BCUT2D eigenvalue weighted by Crippen LogP contribution is -2.52. The molecule has 1 N–H and O–H groups in total. The molecule has 2 heterocycles. The molecule has 2 atom stereocenters. The highest BCUT2D eigenvalue weighted by Gasteiger charge is 2.39. The Labute approximate surface area is 222 Å². The zero-order chi connectivity index (χ0) is 26.3. The maximum atomic E-state index is 14.2. The van der Waals surface area contributed by atoms with Crippen LogP contribution in [-0.2, 0) is 16.1 Å². The van der Waals surface area contributed by atoms with Gasteiger partial charge in [0.2, 0.25) is 12.0 Å². The summed E-state index contributed by atoms with van der Waals surface area (Å²) in [6.45, 7) is 0.225. The van der Waals surface area contributed by atoms with Gasteiger partial charge in [-0.15, -0.1) is 0 Å². The van der Waals surface area contributed by atoms with Crippen LogP contribution in [0.5, 0.6) is 17.2 Å². The average molecular weight is 516 g/mol. The van der Waals surface area contributed by atoms with Crippen molar-refractivity contribution in [3.8, 4) is 17.2 Å². The van der Waals surface area contributed by atoms with Crippen molar-refractivity contribution >= 4 is 11.8 Å². The highest BCUT2D eigenvalue weighted by atomic mass is 16.6. The monoisotopic (exact) mass is 515 g/mol. The standard InChI is InChI=1S/C30H33N3O5/c1-36-24-13-7-10-22(17-24)28(29(34)32-23-11-3-2-4-12-23)33(19-21-9-8-16-31-18-21)30(35)27-20-37-25-14-5-6-15-26(25)38-27/h5-10,13-18,23,27-28H,2-4,11-12,19-20H2,1H3,(H,32,34)/t27-,28+/m0/s1. The van der Waals surface area contributed by atoms with Crippen LogP contribution in [0.4, 0.5) is 0 Å². The number of methoxy groups -OCH3 is 1. The topological polar surface area (TPSA) is 90.0 Å². The van der Waals surface area contributed by atoms with Gasteiger partial charge >= 0.3 is 0 Å². The van der Waals surface area contributed by atoms with Crippen LogP contribution in [0.3, 0.4) is 0 Å². The van der Waals surface area contributed by atoms with E-state index in [2.05, 4.69) is 10.3 Å². The van der Waals surface area contributed by atoms with Crippen molar-refractivity contribution in [1.29, 1.82) is 0 Å². The summed E-state index contributed by atoms with van der Waals surface area (Å²) in [7, 11) is 1.58. The van der Waals surface area contributed by atoms with Gasteiger partial charge in [0.05, 0.1) is 7.11 Å². The molecule has 0 unspecified atom stereocenters. The number of nitrogens with zero attached hydrogens (tertiary/aromatic N) is 2. The molecule has 3 aromatic rings. The highest BCUT2D eigenvalue weighted by Crippen LogP contribution is 2.34. The maximum absolute atomic E-state index is 14.2. The van der Waals surface area contributed by atoms with Gasteiger partial charge in [-0.1, -0.05) is 49.6 Å². The van der Waals surface area contributed by atoms with E-state index in [4.69, 9.17) is 14.2 Å². The number of fused-ring (bicyclic) bond motifs is 1. The molecule has 1 aliphatic heterocycles. The fraction of sp³-hybridized carbons (Fsp3) is 0.367. The predicted molar refractivity (Wildman–Crippen MR) is 142 cm³/mol. The first kappa shape index (κ1) is 25.6. The molecule has 8 nitrogen and oxygen atoms in total. The first-order chi connectivity index (χ1) is 18.6. The van der Waals surface area contributed by atoms with Crippen molar-refractivity contribution < 1.29 is 23.8 Å². The summed E-state index contributed by atoms with van der Waals surface area (Å²) < 4.78 is 17.4. The van der Waals surface area contributed by atoms with E-state index in [1.807, 2.05) is 48.5 Å². The van der Waals surface area contributed by atoms with E-state index < -0.39 is 12.1 Å². The van der Waals surface area contributed by atoms with Gasteiger partial charge in [0, 0.05) is 25.0 Å². The van der Waals surface area contributed by atoms with E-state index in [1.165, 1.54) is 6.42 Å². The predicted octanol–water partition coefficient (Wildman–Crippen LogP) is 4.45. The summed E-state index contributed by atoms with van der Waals surface area (Å²) in [6.07, 6.45) is 7.69. The molecule has 2 aliphatic rings. The van der Waals surface area contributed by atoms with Crippen molar-refractivity contribution in [3.05, 3.63) is 84.2 Å². The quantitative estimate of drug-likeness (QED) is 0.477. The fourth-order valence-electron chi connectivity index (χ4n) is 5.12. The Morgan fingerprint density at radius 3 is 2.63 bits per heavy atom. The zero-order valence-electron chi connectivity index (χ0n) is 21.5. The number of benzene rings is 2. The molecule has 0 radical (unpaired) electrons. The third kappa shape index (κ3) is 5.90. The molecule has 2 amide bonds. The molecule has 0 bridgehead atoms. The van der Waals surface area contributed by atoms with Crippen LogP contribution in [0.1, 0.15) is 49.3 Å². The van der Waals surface area contributed by atoms with Gasteiger partial charge in [-0.05, 0) is 54.3 Å². The molecule has 0 spiro atoms. The second kappa shape index (κ2) is 12.0. The first-order valence-electron chi connectivity index (χ1n) is 13.1. The molecule has 1 aromatic heterocycles. The summed E-state index contributed by atoms with van der Waals surface area (Å²) in [4.78, 5) is 34.0. The minimum absolute atomic E-state index is 0.0501. The lowest BCUT2D eigenvalue weighted by Gasteiger charge is -2.36. The molecule has 0 saturated heterocycles. The van der Waals surface area contributed by atoms with E-state index in [-0.39, 0.29) is 31.0 Å². The first-order valence-corrected chi connectivity index (χ1v) is 13.1. The number of hydrogen-bond donors (Lipinski definition) is 1. The molecule has 198 valence electrons. The Kier molecular flexibility index (Phi) is 8.06. The third-order valence-electron chi connectivity index (χ3n) is 7.06. The Morgan fingerprint density at radius 1 is 1.05 bits per heavy atom. The van der Waals surface area contributed by atoms with E-state index in [0.29, 0.717) is 22.8 Å². The van der Waals surface area contributed by atoms with Crippen LogP contribution in [-0.4, -0.2) is 47.6 Å². The maximum Gasteiger partial charge on any atom is 0.268 e. The zero-order valence-corrected chi connectivity index (χ0v) is 21.5. The van der Waals surface area contributed by atoms with Gasteiger partial charge in [0.25, 0.3) is 5.91 Å². The van der Waals surface area contributed by atoms with Crippen molar-refractivity contribution in [2.24, 2.45) is 0 Å². The van der Waals surface area contributed by atoms with Gasteiger partial charge in [0.15, 0.2) is 11.5 Å². The summed E-state index contributed by atoms with van der Waals surface area (Å²) in [5.41, 5.74) is 1.46. The average Bonchev–Trinajstić information content (AvgIpc) is 2.97. The van der Waals surface area contributed by atoms with Gasteiger partial charge in [-0.25, -0.2) is 0 Å². The van der Waals surface area contributed by atoms with Gasteiger partial charge < -0.3 is 24.4 Å². The lowest BCUT2D eigenvalue weighted by molar-refractivity contribution is -0.149. The number of nitrogens with one attached hydrogen (secondary N) is 1. The number of hydrogen-bond acceptors (Lipinski definition) is 6. The molecule has 38 heavy (non-hydrogen) atoms. The van der Waals surface area contributed by atoms with Crippen molar-refractivity contribution in [3.63, 3.8) is 0 Å². The molecular formula is C30H33N3O5. The van der Waals surface area contributed by atoms with Crippen LogP contribution in [0, 0.1) is 0 Å². The minimum Gasteiger partial charge on any atom is -0.497 e. The van der Waals surface area contributed by atoms with Crippen LogP contribution in [0.15, 0.2) is 73.1 Å². The molecule has 1 fully saturated rings. The summed E-state index contributed by atoms with van der Waals surface area (Å²) in [5.74, 6) is 1.14. The van der Waals surface area contributed by atoms with Gasteiger partial charge in [-0.2, -0.15) is 0 Å². The second-order valence-electron chi connectivity index (χ2n) is 9.71. The van der Waals surface area contributed by atoms with E-state index in [9.17, 15) is 9.59 Å². The summed E-state index contributed by atoms with van der Waals surface area (Å²) >= 11 is 0. The molecule has 1 saturated carbocycles. The number of ether oxygens (including phenoxy) is 3. The normalized spacial score (nSPS) is 17.8. The van der Waals surface area contributed by atoms with Crippen molar-refractivity contribution in [2.75, 3.05) is 13.7 Å². The van der Waals surface area contributed by atoms with E-state index >= 15 is 0 Å². The van der Waals surface area contributed by atoms with Crippen LogP contribution in [0.2, 0.25) is 0 Å². The molecule has 1 aliphatic carbocycles. The Balaban J connectivity index is 1.51. The van der Waals surface area contributed by atoms with Crippen LogP contribution in [0.25, 0.3) is 0 Å². The minimum atomic E-state index is -0.905. The number of amides is 2. The number of rotatable bonds is 8. The van der Waals surface area contributed by atoms with E-state index in [0.717, 1.165) is 31.2 Å². The molecule has 5 rings (SSSR count). The van der Waals surface area contributed by atoms with Crippen LogP contribution < -0.4 is 19.5 Å². The Bertz CT molecular complexity index is 1250. The largest absolute Gasteiger partial charge is 0.497 e. The smallest absolute Gasteiger partial charge is 0.268 e. The Morgan fingerprint density at radius 2 is 1.87 bits per heavy atom. The lowest BCUT2D eigenvalue weighted by atomic mass is 9.94. The summed E-state index contributed by atoms with van der Waals surface area (Å²) in [6, 6.07) is 17.5. The molecule has 8 heteroatoms. The molecular weight excluding hydrogens is 482 g/mol. The fourth-order valence-corrected chi connectivity index (χ4v) is 5.12. The van der Waals surface area contributed by atoms with Gasteiger partial charge in [0.1, 0.15) is 18.4 Å². The highest BCUT2D eigenvalue weighted by molar-refractivity contribution is 5.91. The number of carbonyl (C=O) groups is 2. The van der Waals surface area contributed by atoms with Gasteiger partial charge in [-0.3, -0.25) is 14.6 Å². The number of para-hydroxylation sites is 2. The van der Waals surface area contributed by atoms with Crippen molar-refractivity contribution in [2.45, 2.75) is 56.8 Å². The SMILES string of the molecule is COc1cccc([C@H](C(=O)NC2CCCCC2)N(Cc2cccnc2)C(=O)[C@@H]2COc3ccccc3O2)c1. The third-order valence-corrected chi connectivity index (χ3v) is 7.06. The summed E-state index contributed by atoms with van der Waals surface area (Å²) in [5, 5.41) is 3.23. The number of pyridine rings is 1.